The van der Waals surface area contributed by atoms with Crippen LogP contribution in [0, 0.1) is 6.92 Å². The number of sulfone groups is 1. The summed E-state index contributed by atoms with van der Waals surface area (Å²) in [4.78, 5) is 4.73. The summed E-state index contributed by atoms with van der Waals surface area (Å²) in [6.45, 7) is 1.91. The fourth-order valence-electron chi connectivity index (χ4n) is 3.11. The van der Waals surface area contributed by atoms with Crippen LogP contribution < -0.4 is 4.74 Å². The SMILES string of the molecule is COc1ccc(S(=O)(=O)c2cc(C)c3ccc4ccccc4c3n2)cc1. The zero-order valence-electron chi connectivity index (χ0n) is 14.4. The molecule has 26 heavy (non-hydrogen) atoms. The number of aryl methyl sites for hydroxylation is 1. The number of aromatic nitrogens is 1. The van der Waals surface area contributed by atoms with Gasteiger partial charge in [-0.3, -0.25) is 0 Å². The first-order valence-corrected chi connectivity index (χ1v) is 9.67. The Hall–Kier alpha value is -2.92. The van der Waals surface area contributed by atoms with Gasteiger partial charge in [-0.2, -0.15) is 0 Å². The van der Waals surface area contributed by atoms with Gasteiger partial charge >= 0.3 is 0 Å². The summed E-state index contributed by atoms with van der Waals surface area (Å²) in [7, 11) is -2.17. The highest BCUT2D eigenvalue weighted by molar-refractivity contribution is 7.91. The van der Waals surface area contributed by atoms with E-state index in [0.717, 1.165) is 21.7 Å². The van der Waals surface area contributed by atoms with E-state index < -0.39 is 9.84 Å². The van der Waals surface area contributed by atoms with Crippen LogP contribution >= 0.6 is 0 Å². The number of rotatable bonds is 3. The topological polar surface area (TPSA) is 56.3 Å². The van der Waals surface area contributed by atoms with Crippen LogP contribution in [0.2, 0.25) is 0 Å². The molecule has 130 valence electrons. The Balaban J connectivity index is 1.97. The first-order chi connectivity index (χ1) is 12.5. The van der Waals surface area contributed by atoms with Gasteiger partial charge in [-0.25, -0.2) is 13.4 Å². The summed E-state index contributed by atoms with van der Waals surface area (Å²) in [5.41, 5.74) is 1.59. The highest BCUT2D eigenvalue weighted by Crippen LogP contribution is 2.30. The molecule has 4 nitrogen and oxygen atoms in total. The van der Waals surface area contributed by atoms with Gasteiger partial charge in [-0.1, -0.05) is 36.4 Å². The molecule has 0 atom stereocenters. The summed E-state index contributed by atoms with van der Waals surface area (Å²) in [5, 5.41) is 2.99. The number of nitrogens with zero attached hydrogens (tertiary/aromatic N) is 1. The van der Waals surface area contributed by atoms with Crippen LogP contribution in [0.4, 0.5) is 0 Å². The van der Waals surface area contributed by atoms with Gasteiger partial charge in [0.2, 0.25) is 9.84 Å². The summed E-state index contributed by atoms with van der Waals surface area (Å²) in [5.74, 6) is 0.609. The molecule has 4 aromatic rings. The maximum absolute atomic E-state index is 13.1. The van der Waals surface area contributed by atoms with E-state index in [1.165, 1.54) is 0 Å². The summed E-state index contributed by atoms with van der Waals surface area (Å²) in [6, 6.07) is 19.9. The smallest absolute Gasteiger partial charge is 0.223 e. The lowest BCUT2D eigenvalue weighted by Gasteiger charge is -2.10. The Morgan fingerprint density at radius 2 is 1.62 bits per heavy atom. The second kappa shape index (κ2) is 6.11. The van der Waals surface area contributed by atoms with Crippen LogP contribution in [0.5, 0.6) is 5.75 Å². The Labute approximate surface area is 152 Å². The van der Waals surface area contributed by atoms with Crippen LogP contribution in [0.1, 0.15) is 5.56 Å². The second-order valence-corrected chi connectivity index (χ2v) is 8.04. The van der Waals surface area contributed by atoms with E-state index >= 15 is 0 Å². The summed E-state index contributed by atoms with van der Waals surface area (Å²) >= 11 is 0. The lowest BCUT2D eigenvalue weighted by atomic mass is 10.0. The van der Waals surface area contributed by atoms with Crippen LogP contribution in [-0.4, -0.2) is 20.5 Å². The van der Waals surface area contributed by atoms with Gasteiger partial charge in [0.15, 0.2) is 5.03 Å². The quantitative estimate of drug-likeness (QED) is 0.502. The van der Waals surface area contributed by atoms with Crippen LogP contribution in [0.3, 0.4) is 0 Å². The van der Waals surface area contributed by atoms with E-state index in [-0.39, 0.29) is 9.92 Å². The van der Waals surface area contributed by atoms with Crippen LogP contribution in [0.15, 0.2) is 76.7 Å². The number of hydrogen-bond acceptors (Lipinski definition) is 4. The van der Waals surface area contributed by atoms with Crippen molar-refractivity contribution < 1.29 is 13.2 Å². The van der Waals surface area contributed by atoms with E-state index in [2.05, 4.69) is 4.98 Å². The van der Waals surface area contributed by atoms with Gasteiger partial charge in [0.05, 0.1) is 17.5 Å². The molecule has 0 saturated carbocycles. The molecule has 0 spiro atoms. The standard InChI is InChI=1S/C21H17NO3S/c1-14-13-20(26(23,24)17-10-8-16(25-2)9-11-17)22-21-18(14)12-7-15-5-3-4-6-19(15)21/h3-13H,1-2H3. The van der Waals surface area contributed by atoms with E-state index in [0.29, 0.717) is 11.3 Å². The van der Waals surface area contributed by atoms with Crippen molar-refractivity contribution in [2.24, 2.45) is 0 Å². The lowest BCUT2D eigenvalue weighted by Crippen LogP contribution is -2.05. The normalized spacial score (nSPS) is 11.8. The predicted octanol–water partition coefficient (Wildman–Crippen LogP) is 4.54. The van der Waals surface area contributed by atoms with Crippen molar-refractivity contribution >= 4 is 31.5 Å². The van der Waals surface area contributed by atoms with Crippen molar-refractivity contribution in [2.45, 2.75) is 16.8 Å². The molecular formula is C21H17NO3S. The summed E-state index contributed by atoms with van der Waals surface area (Å²) < 4.78 is 31.2. The first-order valence-electron chi connectivity index (χ1n) is 8.19. The van der Waals surface area contributed by atoms with Crippen molar-refractivity contribution in [3.8, 4) is 5.75 Å². The number of benzene rings is 3. The molecule has 0 aliphatic heterocycles. The number of methoxy groups -OCH3 is 1. The molecule has 0 amide bonds. The number of pyridine rings is 1. The average molecular weight is 363 g/mol. The van der Waals surface area contributed by atoms with Crippen molar-refractivity contribution in [2.75, 3.05) is 7.11 Å². The van der Waals surface area contributed by atoms with Gasteiger partial charge < -0.3 is 4.74 Å². The maximum Gasteiger partial charge on any atom is 0.223 e. The molecule has 0 radical (unpaired) electrons. The van der Waals surface area contributed by atoms with Crippen molar-refractivity contribution in [1.82, 2.24) is 4.98 Å². The molecule has 0 N–H and O–H groups in total. The maximum atomic E-state index is 13.1. The van der Waals surface area contributed by atoms with Crippen LogP contribution in [-0.2, 0) is 9.84 Å². The molecule has 0 unspecified atom stereocenters. The summed E-state index contributed by atoms with van der Waals surface area (Å²) in [6.07, 6.45) is 0. The largest absolute Gasteiger partial charge is 0.497 e. The van der Waals surface area contributed by atoms with Gasteiger partial charge in [0.1, 0.15) is 5.75 Å². The third-order valence-electron chi connectivity index (χ3n) is 4.53. The van der Waals surface area contributed by atoms with Crippen LogP contribution in [0.25, 0.3) is 21.7 Å². The second-order valence-electron chi connectivity index (χ2n) is 6.14. The molecule has 1 heterocycles. The highest BCUT2D eigenvalue weighted by atomic mass is 32.2. The van der Waals surface area contributed by atoms with E-state index in [1.54, 1.807) is 37.4 Å². The molecular weight excluding hydrogens is 346 g/mol. The molecule has 1 aromatic heterocycles. The number of fused-ring (bicyclic) bond motifs is 3. The molecule has 0 fully saturated rings. The zero-order chi connectivity index (χ0) is 18.3. The molecule has 4 rings (SSSR count). The van der Waals surface area contributed by atoms with Gasteiger partial charge in [0.25, 0.3) is 0 Å². The monoisotopic (exact) mass is 363 g/mol. The third-order valence-corrected chi connectivity index (χ3v) is 6.19. The average Bonchev–Trinajstić information content (AvgIpc) is 2.67. The highest BCUT2D eigenvalue weighted by Gasteiger charge is 2.21. The Kier molecular flexibility index (Phi) is 3.89. The van der Waals surface area contributed by atoms with E-state index in [4.69, 9.17) is 4.74 Å². The molecule has 0 saturated heterocycles. The zero-order valence-corrected chi connectivity index (χ0v) is 15.2. The lowest BCUT2D eigenvalue weighted by molar-refractivity contribution is 0.414. The first kappa shape index (κ1) is 16.5. The van der Waals surface area contributed by atoms with E-state index in [9.17, 15) is 8.42 Å². The van der Waals surface area contributed by atoms with Gasteiger partial charge in [-0.05, 0) is 48.2 Å². The Bertz CT molecular complexity index is 1230. The fraction of sp³-hybridized carbons (Fsp3) is 0.0952. The molecule has 0 aliphatic carbocycles. The Morgan fingerprint density at radius 3 is 2.35 bits per heavy atom. The predicted molar refractivity (Wildman–Crippen MR) is 102 cm³/mol. The Morgan fingerprint density at radius 1 is 0.885 bits per heavy atom. The van der Waals surface area contributed by atoms with E-state index in [1.807, 2.05) is 43.3 Å². The van der Waals surface area contributed by atoms with Crippen molar-refractivity contribution in [1.29, 1.82) is 0 Å². The van der Waals surface area contributed by atoms with Crippen molar-refractivity contribution in [3.63, 3.8) is 0 Å². The van der Waals surface area contributed by atoms with Crippen molar-refractivity contribution in [3.05, 3.63) is 72.3 Å². The molecule has 3 aromatic carbocycles. The minimum atomic E-state index is -3.71. The minimum absolute atomic E-state index is 0.0593. The molecule has 0 aliphatic rings. The molecule has 5 heteroatoms. The van der Waals surface area contributed by atoms with Gasteiger partial charge in [-0.15, -0.1) is 0 Å². The number of ether oxygens (including phenoxy) is 1. The third kappa shape index (κ3) is 2.61. The molecule has 0 bridgehead atoms. The van der Waals surface area contributed by atoms with Gasteiger partial charge in [0, 0.05) is 10.8 Å². The fourth-order valence-corrected chi connectivity index (χ4v) is 4.39. The minimum Gasteiger partial charge on any atom is -0.497 e. The number of hydrogen-bond donors (Lipinski definition) is 0.